The van der Waals surface area contributed by atoms with E-state index in [2.05, 4.69) is 15.3 Å². The highest BCUT2D eigenvalue weighted by Gasteiger charge is 2.37. The zero-order valence-corrected chi connectivity index (χ0v) is 17.9. The number of halogens is 1. The highest BCUT2D eigenvalue weighted by Crippen LogP contribution is 2.40. The van der Waals surface area contributed by atoms with Crippen LogP contribution < -0.4 is 20.7 Å². The lowest BCUT2D eigenvalue weighted by atomic mass is 9.80. The van der Waals surface area contributed by atoms with Crippen LogP contribution >= 0.6 is 0 Å². The van der Waals surface area contributed by atoms with Crippen molar-refractivity contribution in [3.63, 3.8) is 0 Å². The van der Waals surface area contributed by atoms with Crippen LogP contribution in [0.3, 0.4) is 0 Å². The molecule has 0 spiro atoms. The molecule has 1 aliphatic heterocycles. The molecule has 32 heavy (non-hydrogen) atoms. The summed E-state index contributed by atoms with van der Waals surface area (Å²) in [6.07, 6.45) is 3.74. The van der Waals surface area contributed by atoms with E-state index in [1.54, 1.807) is 18.3 Å². The standard InChI is InChI=1S/C23H24FN5O3/c1-11-3-4-17(11)29(23(30)31)18-8-13-7-14(19(24)20(25)16(13)10-27-18)15-9-28-22-21(12(15)2)26-5-6-32-22/h7-11,17,26H,3-6,25H2,1-2H3,(H,30,31)/t11-,17+/m0/s1. The summed E-state index contributed by atoms with van der Waals surface area (Å²) in [6.45, 7) is 5.06. The minimum Gasteiger partial charge on any atom is -0.474 e. The normalized spacial score (nSPS) is 19.5. The van der Waals surface area contributed by atoms with Gasteiger partial charge in [-0.25, -0.2) is 19.2 Å². The summed E-state index contributed by atoms with van der Waals surface area (Å²) in [7, 11) is 0. The second-order valence-electron chi connectivity index (χ2n) is 8.44. The van der Waals surface area contributed by atoms with Gasteiger partial charge in [-0.15, -0.1) is 0 Å². The molecule has 2 atom stereocenters. The second kappa shape index (κ2) is 7.51. The smallest absolute Gasteiger partial charge is 0.413 e. The first-order valence-corrected chi connectivity index (χ1v) is 10.6. The van der Waals surface area contributed by atoms with E-state index in [1.807, 2.05) is 13.8 Å². The molecule has 4 N–H and O–H groups in total. The fourth-order valence-corrected chi connectivity index (χ4v) is 4.55. The predicted octanol–water partition coefficient (Wildman–Crippen LogP) is 4.41. The number of fused-ring (bicyclic) bond motifs is 2. The van der Waals surface area contributed by atoms with Crippen molar-refractivity contribution in [3.05, 3.63) is 35.9 Å². The third-order valence-corrected chi connectivity index (χ3v) is 6.58. The lowest BCUT2D eigenvalue weighted by Gasteiger charge is -2.40. The van der Waals surface area contributed by atoms with Crippen LogP contribution in [0.1, 0.15) is 25.3 Å². The minimum absolute atomic E-state index is 0.0308. The molecule has 5 rings (SSSR count). The third kappa shape index (κ3) is 3.07. The van der Waals surface area contributed by atoms with Gasteiger partial charge in [0.15, 0.2) is 5.82 Å². The molecule has 9 heteroatoms. The van der Waals surface area contributed by atoms with E-state index in [0.29, 0.717) is 46.7 Å². The summed E-state index contributed by atoms with van der Waals surface area (Å²) in [6, 6.07) is 3.22. The molecule has 1 fully saturated rings. The van der Waals surface area contributed by atoms with Crippen molar-refractivity contribution in [1.29, 1.82) is 0 Å². The molecule has 8 nitrogen and oxygen atoms in total. The molecule has 1 aliphatic carbocycles. The van der Waals surface area contributed by atoms with Crippen LogP contribution in [0, 0.1) is 18.7 Å². The topological polar surface area (TPSA) is 114 Å². The number of hydrogen-bond donors (Lipinski definition) is 3. The number of rotatable bonds is 3. The van der Waals surface area contributed by atoms with E-state index in [1.165, 1.54) is 11.1 Å². The van der Waals surface area contributed by atoms with Crippen LogP contribution in [0.4, 0.5) is 26.4 Å². The Bertz CT molecular complexity index is 1250. The molecule has 1 saturated carbocycles. The van der Waals surface area contributed by atoms with Crippen LogP contribution in [-0.4, -0.2) is 40.4 Å². The van der Waals surface area contributed by atoms with Gasteiger partial charge in [-0.05, 0) is 48.8 Å². The van der Waals surface area contributed by atoms with E-state index in [4.69, 9.17) is 10.5 Å². The van der Waals surface area contributed by atoms with Gasteiger partial charge in [0.05, 0.1) is 5.69 Å². The molecule has 0 radical (unpaired) electrons. The first-order valence-electron chi connectivity index (χ1n) is 10.6. The number of amides is 1. The van der Waals surface area contributed by atoms with E-state index in [-0.39, 0.29) is 17.6 Å². The maximum Gasteiger partial charge on any atom is 0.413 e. The van der Waals surface area contributed by atoms with Gasteiger partial charge in [-0.1, -0.05) is 6.92 Å². The Balaban J connectivity index is 1.65. The van der Waals surface area contributed by atoms with Crippen molar-refractivity contribution in [1.82, 2.24) is 9.97 Å². The number of nitrogens with one attached hydrogen (secondary N) is 1. The van der Waals surface area contributed by atoms with Crippen molar-refractivity contribution in [2.75, 3.05) is 29.1 Å². The Morgan fingerprint density at radius 2 is 2.09 bits per heavy atom. The number of carbonyl (C=O) groups is 1. The van der Waals surface area contributed by atoms with Crippen molar-refractivity contribution >= 4 is 34.1 Å². The lowest BCUT2D eigenvalue weighted by molar-refractivity contribution is 0.182. The summed E-state index contributed by atoms with van der Waals surface area (Å²) in [5.41, 5.74) is 8.54. The first-order chi connectivity index (χ1) is 15.4. The number of hydrogen-bond acceptors (Lipinski definition) is 6. The number of carboxylic acid groups (broad SMARTS) is 1. The fourth-order valence-electron chi connectivity index (χ4n) is 4.55. The maximum absolute atomic E-state index is 15.3. The number of aromatic nitrogens is 2. The van der Waals surface area contributed by atoms with E-state index >= 15 is 4.39 Å². The van der Waals surface area contributed by atoms with E-state index in [0.717, 1.165) is 24.1 Å². The monoisotopic (exact) mass is 437 g/mol. The highest BCUT2D eigenvalue weighted by molar-refractivity contribution is 5.99. The second-order valence-corrected chi connectivity index (χ2v) is 8.44. The summed E-state index contributed by atoms with van der Waals surface area (Å²) >= 11 is 0. The van der Waals surface area contributed by atoms with Gasteiger partial charge >= 0.3 is 6.09 Å². The summed E-state index contributed by atoms with van der Waals surface area (Å²) in [5, 5.41) is 14.1. The number of ether oxygens (including phenoxy) is 1. The maximum atomic E-state index is 15.3. The largest absolute Gasteiger partial charge is 0.474 e. The fraction of sp³-hybridized carbons (Fsp3) is 0.348. The quantitative estimate of drug-likeness (QED) is 0.520. The summed E-state index contributed by atoms with van der Waals surface area (Å²) in [4.78, 5) is 21.9. The average Bonchev–Trinajstić information content (AvgIpc) is 2.79. The van der Waals surface area contributed by atoms with E-state index in [9.17, 15) is 9.90 Å². The molecule has 0 unspecified atom stereocenters. The highest BCUT2D eigenvalue weighted by atomic mass is 19.1. The molecule has 1 aromatic carbocycles. The number of benzene rings is 1. The van der Waals surface area contributed by atoms with Gasteiger partial charge in [-0.3, -0.25) is 4.90 Å². The molecule has 166 valence electrons. The zero-order chi connectivity index (χ0) is 22.6. The zero-order valence-electron chi connectivity index (χ0n) is 17.9. The van der Waals surface area contributed by atoms with Gasteiger partial charge in [-0.2, -0.15) is 0 Å². The number of anilines is 3. The Morgan fingerprint density at radius 1 is 1.28 bits per heavy atom. The molecule has 3 heterocycles. The lowest BCUT2D eigenvalue weighted by Crippen LogP contribution is -2.49. The SMILES string of the molecule is Cc1c(-c2cc3cc(N(C(=O)O)[C@@H]4CC[C@@H]4C)ncc3c(N)c2F)cnc2c1NCCO2. The van der Waals surface area contributed by atoms with Crippen LogP contribution in [-0.2, 0) is 0 Å². The molecular weight excluding hydrogens is 413 g/mol. The summed E-state index contributed by atoms with van der Waals surface area (Å²) in [5.74, 6) is 0.506. The van der Waals surface area contributed by atoms with Gasteiger partial charge < -0.3 is 20.9 Å². The Labute approximate surface area is 184 Å². The minimum atomic E-state index is -1.05. The third-order valence-electron chi connectivity index (χ3n) is 6.58. The van der Waals surface area contributed by atoms with Crippen molar-refractivity contribution < 1.29 is 19.0 Å². The van der Waals surface area contributed by atoms with Gasteiger partial charge in [0.25, 0.3) is 0 Å². The van der Waals surface area contributed by atoms with Crippen molar-refractivity contribution in [3.8, 4) is 17.0 Å². The Kier molecular flexibility index (Phi) is 4.76. The predicted molar refractivity (Wildman–Crippen MR) is 121 cm³/mol. The van der Waals surface area contributed by atoms with Crippen molar-refractivity contribution in [2.45, 2.75) is 32.7 Å². The van der Waals surface area contributed by atoms with Crippen molar-refractivity contribution in [2.24, 2.45) is 5.92 Å². The Hall–Kier alpha value is -3.62. The van der Waals surface area contributed by atoms with E-state index < -0.39 is 11.9 Å². The molecular formula is C23H24FN5O3. The van der Waals surface area contributed by atoms with Crippen LogP contribution in [0.25, 0.3) is 21.9 Å². The van der Waals surface area contributed by atoms with Gasteiger partial charge in [0.1, 0.15) is 18.1 Å². The molecule has 0 saturated heterocycles. The summed E-state index contributed by atoms with van der Waals surface area (Å²) < 4.78 is 20.9. The number of pyridine rings is 2. The number of nitrogens with two attached hydrogens (primary N) is 1. The van der Waals surface area contributed by atoms with Crippen LogP contribution in [0.15, 0.2) is 24.5 Å². The van der Waals surface area contributed by atoms with Crippen LogP contribution in [0.2, 0.25) is 0 Å². The number of nitrogens with zero attached hydrogens (tertiary/aromatic N) is 3. The van der Waals surface area contributed by atoms with Gasteiger partial charge in [0.2, 0.25) is 5.88 Å². The first kappa shape index (κ1) is 20.3. The average molecular weight is 437 g/mol. The molecule has 2 aliphatic rings. The molecule has 3 aromatic rings. The number of nitrogen functional groups attached to an aromatic ring is 1. The molecule has 0 bridgehead atoms. The Morgan fingerprint density at radius 3 is 2.78 bits per heavy atom. The van der Waals surface area contributed by atoms with Gasteiger partial charge in [0, 0.05) is 41.5 Å². The van der Waals surface area contributed by atoms with Crippen LogP contribution in [0.5, 0.6) is 5.88 Å². The molecule has 2 aromatic heterocycles. The molecule has 1 amide bonds.